The van der Waals surface area contributed by atoms with Crippen LogP contribution in [0.15, 0.2) is 0 Å². The maximum absolute atomic E-state index is 10.4. The lowest BCUT2D eigenvalue weighted by atomic mass is 10.1. The van der Waals surface area contributed by atoms with Crippen LogP contribution in [0.1, 0.15) is 47.0 Å². The first kappa shape index (κ1) is 14.4. The topological polar surface area (TPSA) is 40.5 Å². The maximum Gasteiger partial charge on any atom is 0.303 e. The first-order chi connectivity index (χ1) is 6.97. The Bertz CT molecular complexity index is 180. The molecule has 0 saturated carbocycles. The highest BCUT2D eigenvalue weighted by Crippen LogP contribution is 2.09. The van der Waals surface area contributed by atoms with Gasteiger partial charge in [0.15, 0.2) is 0 Å². The Balaban J connectivity index is 3.88. The molecule has 0 amide bonds. The Morgan fingerprint density at radius 1 is 1.33 bits per heavy atom. The van der Waals surface area contributed by atoms with Crippen LogP contribution >= 0.6 is 0 Å². The molecular formula is C12H25NO2. The summed E-state index contributed by atoms with van der Waals surface area (Å²) in [4.78, 5) is 12.8. The highest BCUT2D eigenvalue weighted by molar-refractivity contribution is 5.66. The van der Waals surface area contributed by atoms with Crippen molar-refractivity contribution in [1.29, 1.82) is 0 Å². The van der Waals surface area contributed by atoms with Crippen molar-refractivity contribution in [2.75, 3.05) is 13.1 Å². The fourth-order valence-electron chi connectivity index (χ4n) is 1.52. The van der Waals surface area contributed by atoms with Crippen molar-refractivity contribution in [1.82, 2.24) is 4.90 Å². The second-order valence-corrected chi connectivity index (χ2v) is 4.60. The van der Waals surface area contributed by atoms with E-state index in [1.54, 1.807) is 0 Å². The summed E-state index contributed by atoms with van der Waals surface area (Å²) in [5, 5.41) is 8.57. The Morgan fingerprint density at radius 3 is 2.33 bits per heavy atom. The van der Waals surface area contributed by atoms with Crippen LogP contribution in [0.3, 0.4) is 0 Å². The molecule has 0 radical (unpaired) electrons. The minimum atomic E-state index is -0.692. The van der Waals surface area contributed by atoms with Crippen LogP contribution in [-0.2, 0) is 4.79 Å². The van der Waals surface area contributed by atoms with E-state index in [4.69, 9.17) is 5.11 Å². The second kappa shape index (κ2) is 7.69. The van der Waals surface area contributed by atoms with Crippen LogP contribution in [0, 0.1) is 5.92 Å². The zero-order valence-electron chi connectivity index (χ0n) is 10.5. The molecule has 0 bridgehead atoms. The van der Waals surface area contributed by atoms with E-state index in [9.17, 15) is 4.79 Å². The van der Waals surface area contributed by atoms with Gasteiger partial charge in [-0.25, -0.2) is 0 Å². The molecule has 0 aliphatic carbocycles. The maximum atomic E-state index is 10.4. The van der Waals surface area contributed by atoms with Crippen molar-refractivity contribution in [3.05, 3.63) is 0 Å². The number of nitrogens with zero attached hydrogens (tertiary/aromatic N) is 1. The Hall–Kier alpha value is -0.570. The minimum Gasteiger partial charge on any atom is -0.481 e. The van der Waals surface area contributed by atoms with Gasteiger partial charge in [-0.05, 0) is 32.7 Å². The van der Waals surface area contributed by atoms with Gasteiger partial charge in [-0.15, -0.1) is 0 Å². The van der Waals surface area contributed by atoms with E-state index < -0.39 is 5.97 Å². The number of rotatable bonds is 8. The lowest BCUT2D eigenvalue weighted by molar-refractivity contribution is -0.137. The van der Waals surface area contributed by atoms with E-state index >= 15 is 0 Å². The number of hydrogen-bond donors (Lipinski definition) is 1. The molecule has 0 aliphatic rings. The van der Waals surface area contributed by atoms with Gasteiger partial charge in [0.25, 0.3) is 0 Å². The number of aliphatic carboxylic acids is 1. The van der Waals surface area contributed by atoms with E-state index in [0.717, 1.165) is 19.5 Å². The third-order valence-corrected chi connectivity index (χ3v) is 2.81. The molecule has 3 nitrogen and oxygen atoms in total. The van der Waals surface area contributed by atoms with E-state index in [0.29, 0.717) is 12.0 Å². The molecule has 1 unspecified atom stereocenters. The van der Waals surface area contributed by atoms with Crippen molar-refractivity contribution < 1.29 is 9.90 Å². The van der Waals surface area contributed by atoms with E-state index in [1.165, 1.54) is 6.42 Å². The van der Waals surface area contributed by atoms with Crippen LogP contribution < -0.4 is 0 Å². The van der Waals surface area contributed by atoms with Crippen molar-refractivity contribution in [2.24, 2.45) is 5.92 Å². The van der Waals surface area contributed by atoms with Crippen LogP contribution in [-0.4, -0.2) is 35.1 Å². The quantitative estimate of drug-likeness (QED) is 0.676. The predicted molar refractivity (Wildman–Crippen MR) is 63.0 cm³/mol. The minimum absolute atomic E-state index is 0.281. The number of carboxylic acids is 1. The molecule has 0 aromatic carbocycles. The van der Waals surface area contributed by atoms with Crippen LogP contribution in [0.25, 0.3) is 0 Å². The largest absolute Gasteiger partial charge is 0.481 e. The van der Waals surface area contributed by atoms with Gasteiger partial charge in [0.2, 0.25) is 0 Å². The first-order valence-corrected chi connectivity index (χ1v) is 5.93. The molecule has 1 N–H and O–H groups in total. The van der Waals surface area contributed by atoms with Crippen molar-refractivity contribution in [3.8, 4) is 0 Å². The molecule has 0 aliphatic heterocycles. The van der Waals surface area contributed by atoms with Crippen LogP contribution in [0.4, 0.5) is 0 Å². The lowest BCUT2D eigenvalue weighted by Crippen LogP contribution is -2.35. The third-order valence-electron chi connectivity index (χ3n) is 2.81. The van der Waals surface area contributed by atoms with Gasteiger partial charge in [-0.2, -0.15) is 0 Å². The van der Waals surface area contributed by atoms with Crippen molar-refractivity contribution >= 4 is 5.97 Å². The number of carboxylic acid groups (broad SMARTS) is 1. The zero-order chi connectivity index (χ0) is 11.8. The van der Waals surface area contributed by atoms with Gasteiger partial charge in [-0.1, -0.05) is 20.3 Å². The van der Waals surface area contributed by atoms with Gasteiger partial charge in [0, 0.05) is 19.0 Å². The van der Waals surface area contributed by atoms with E-state index in [2.05, 4.69) is 32.6 Å². The number of hydrogen-bond acceptors (Lipinski definition) is 2. The molecule has 1 atom stereocenters. The lowest BCUT2D eigenvalue weighted by Gasteiger charge is -2.28. The highest BCUT2D eigenvalue weighted by atomic mass is 16.4. The molecule has 3 heteroatoms. The summed E-state index contributed by atoms with van der Waals surface area (Å²) >= 11 is 0. The fraction of sp³-hybridized carbons (Fsp3) is 0.917. The van der Waals surface area contributed by atoms with Gasteiger partial charge < -0.3 is 10.0 Å². The second-order valence-electron chi connectivity index (χ2n) is 4.60. The summed E-state index contributed by atoms with van der Waals surface area (Å²) in [5.41, 5.74) is 0. The Kier molecular flexibility index (Phi) is 7.39. The van der Waals surface area contributed by atoms with Gasteiger partial charge in [-0.3, -0.25) is 4.79 Å². The first-order valence-electron chi connectivity index (χ1n) is 5.93. The summed E-state index contributed by atoms with van der Waals surface area (Å²) in [5.74, 6) is -0.000487. The molecule has 0 aromatic heterocycles. The molecule has 90 valence electrons. The molecule has 0 fully saturated rings. The SMILES string of the molecule is CCC(C)CN(CCCC(=O)O)C(C)C. The number of carbonyl (C=O) groups is 1. The molecule has 0 aromatic rings. The monoisotopic (exact) mass is 215 g/mol. The molecule has 0 rings (SSSR count). The molecule has 0 saturated heterocycles. The molecular weight excluding hydrogens is 190 g/mol. The molecule has 0 heterocycles. The Labute approximate surface area is 93.5 Å². The smallest absolute Gasteiger partial charge is 0.303 e. The van der Waals surface area contributed by atoms with Gasteiger partial charge in [0.1, 0.15) is 0 Å². The zero-order valence-corrected chi connectivity index (χ0v) is 10.5. The third kappa shape index (κ3) is 7.37. The van der Waals surface area contributed by atoms with Gasteiger partial charge in [0.05, 0.1) is 0 Å². The average Bonchev–Trinajstić information content (AvgIpc) is 2.15. The summed E-state index contributed by atoms with van der Waals surface area (Å²) < 4.78 is 0. The normalized spacial score (nSPS) is 13.5. The summed E-state index contributed by atoms with van der Waals surface area (Å²) in [6, 6.07) is 0.507. The standard InChI is InChI=1S/C12H25NO2/c1-5-11(4)9-13(10(2)3)8-6-7-12(14)15/h10-11H,5-9H2,1-4H3,(H,14,15). The summed E-state index contributed by atoms with van der Waals surface area (Å²) in [6.07, 6.45) is 2.22. The molecule has 0 spiro atoms. The van der Waals surface area contributed by atoms with E-state index in [1.807, 2.05) is 0 Å². The average molecular weight is 215 g/mol. The predicted octanol–water partition coefficient (Wildman–Crippen LogP) is 2.61. The van der Waals surface area contributed by atoms with Crippen LogP contribution in [0.2, 0.25) is 0 Å². The van der Waals surface area contributed by atoms with Gasteiger partial charge >= 0.3 is 5.97 Å². The molecule has 15 heavy (non-hydrogen) atoms. The Morgan fingerprint density at radius 2 is 1.93 bits per heavy atom. The fourth-order valence-corrected chi connectivity index (χ4v) is 1.52. The van der Waals surface area contributed by atoms with Crippen molar-refractivity contribution in [3.63, 3.8) is 0 Å². The van der Waals surface area contributed by atoms with E-state index in [-0.39, 0.29) is 6.42 Å². The van der Waals surface area contributed by atoms with Crippen molar-refractivity contribution in [2.45, 2.75) is 53.0 Å². The highest BCUT2D eigenvalue weighted by Gasteiger charge is 2.12. The summed E-state index contributed by atoms with van der Waals surface area (Å²) in [7, 11) is 0. The summed E-state index contributed by atoms with van der Waals surface area (Å²) in [6.45, 7) is 10.8. The van der Waals surface area contributed by atoms with Crippen LogP contribution in [0.5, 0.6) is 0 Å².